The van der Waals surface area contributed by atoms with E-state index < -0.39 is 28.4 Å². The summed E-state index contributed by atoms with van der Waals surface area (Å²) in [5.41, 5.74) is 8.60. The summed E-state index contributed by atoms with van der Waals surface area (Å²) in [4.78, 5) is 9.61. The summed E-state index contributed by atoms with van der Waals surface area (Å²) in [7, 11) is 0. The molecule has 0 aliphatic rings. The Kier molecular flexibility index (Phi) is 3.48. The minimum atomic E-state index is -4.74. The molecule has 0 unspecified atom stereocenters. The third-order valence-electron chi connectivity index (χ3n) is 2.03. The normalized spacial score (nSPS) is 13.5. The third kappa shape index (κ3) is 2.77. The van der Waals surface area contributed by atoms with E-state index in [2.05, 4.69) is 0 Å². The lowest BCUT2D eigenvalue weighted by Gasteiger charge is -2.17. The fourth-order valence-corrected chi connectivity index (χ4v) is 1.46. The number of nitrogen functional groups attached to an aromatic ring is 1. The highest BCUT2D eigenvalue weighted by molar-refractivity contribution is 6.31. The second kappa shape index (κ2) is 4.38. The van der Waals surface area contributed by atoms with Crippen LogP contribution >= 0.6 is 11.6 Å². The number of halogens is 4. The maximum atomic E-state index is 12.4. The van der Waals surface area contributed by atoms with Crippen molar-refractivity contribution in [3.05, 3.63) is 32.8 Å². The van der Waals surface area contributed by atoms with E-state index in [9.17, 15) is 23.3 Å². The number of nitrogens with zero attached hydrogens (tertiary/aromatic N) is 1. The van der Waals surface area contributed by atoms with Gasteiger partial charge >= 0.3 is 6.18 Å². The number of benzene rings is 1. The Morgan fingerprint density at radius 2 is 1.94 bits per heavy atom. The first-order chi connectivity index (χ1) is 7.64. The van der Waals surface area contributed by atoms with Gasteiger partial charge < -0.3 is 11.5 Å². The van der Waals surface area contributed by atoms with E-state index in [0.717, 1.165) is 6.07 Å². The van der Waals surface area contributed by atoms with E-state index in [-0.39, 0.29) is 10.7 Å². The molecule has 0 amide bonds. The summed E-state index contributed by atoms with van der Waals surface area (Å²) in [5.74, 6) is 0. The van der Waals surface area contributed by atoms with Crippen molar-refractivity contribution in [1.82, 2.24) is 0 Å². The minimum Gasteiger partial charge on any atom is -0.393 e. The molecule has 0 radical (unpaired) electrons. The van der Waals surface area contributed by atoms with Crippen LogP contribution in [0, 0.1) is 10.1 Å². The summed E-state index contributed by atoms with van der Waals surface area (Å²) in [6, 6.07) is -0.884. The standard InChI is InChI=1S/C8H7ClF3N3O2/c9-4-2-5(13)6(15(16)17)1-3(4)7(14)8(10,11)12/h1-2,7H,13-14H2/t7-/m1/s1. The Labute approximate surface area is 98.3 Å². The second-order valence-electron chi connectivity index (χ2n) is 3.21. The molecule has 0 saturated heterocycles. The van der Waals surface area contributed by atoms with Crippen molar-refractivity contribution in [2.45, 2.75) is 12.2 Å². The molecule has 1 aromatic carbocycles. The average molecular weight is 270 g/mol. The molecule has 0 bridgehead atoms. The van der Waals surface area contributed by atoms with Crippen molar-refractivity contribution in [1.29, 1.82) is 0 Å². The predicted octanol–water partition coefficient (Wildman–Crippen LogP) is 2.39. The van der Waals surface area contributed by atoms with Crippen LogP contribution in [0.3, 0.4) is 0 Å². The quantitative estimate of drug-likeness (QED) is 0.489. The predicted molar refractivity (Wildman–Crippen MR) is 55.5 cm³/mol. The van der Waals surface area contributed by atoms with Crippen molar-refractivity contribution >= 4 is 23.0 Å². The van der Waals surface area contributed by atoms with Crippen LogP contribution in [0.25, 0.3) is 0 Å². The zero-order chi connectivity index (χ0) is 13.4. The van der Waals surface area contributed by atoms with Crippen LogP contribution < -0.4 is 11.5 Å². The molecule has 9 heteroatoms. The van der Waals surface area contributed by atoms with Crippen molar-refractivity contribution in [3.63, 3.8) is 0 Å². The highest BCUT2D eigenvalue weighted by Crippen LogP contribution is 2.38. The zero-order valence-corrected chi connectivity index (χ0v) is 8.92. The van der Waals surface area contributed by atoms with Gasteiger partial charge in [-0.2, -0.15) is 13.2 Å². The maximum absolute atomic E-state index is 12.4. The van der Waals surface area contributed by atoms with Crippen LogP contribution in [0.1, 0.15) is 11.6 Å². The van der Waals surface area contributed by atoms with Crippen molar-refractivity contribution in [2.75, 3.05) is 5.73 Å². The number of nitro groups is 1. The lowest BCUT2D eigenvalue weighted by Crippen LogP contribution is -2.28. The second-order valence-corrected chi connectivity index (χ2v) is 3.62. The molecule has 0 aromatic heterocycles. The first-order valence-electron chi connectivity index (χ1n) is 4.20. The Hall–Kier alpha value is -1.54. The van der Waals surface area contributed by atoms with Gasteiger partial charge in [-0.25, -0.2) is 0 Å². The summed E-state index contributed by atoms with van der Waals surface area (Å²) >= 11 is 5.52. The van der Waals surface area contributed by atoms with Crippen molar-refractivity contribution in [3.8, 4) is 0 Å². The number of rotatable bonds is 2. The van der Waals surface area contributed by atoms with E-state index >= 15 is 0 Å². The summed E-state index contributed by atoms with van der Waals surface area (Å²) in [6.07, 6.45) is -4.74. The van der Waals surface area contributed by atoms with Gasteiger partial charge in [0.1, 0.15) is 11.7 Å². The molecule has 1 atom stereocenters. The van der Waals surface area contributed by atoms with Gasteiger partial charge in [0.15, 0.2) is 0 Å². The van der Waals surface area contributed by atoms with Crippen LogP contribution in [0.15, 0.2) is 12.1 Å². The molecule has 0 fully saturated rings. The molecular formula is C8H7ClF3N3O2. The fraction of sp³-hybridized carbons (Fsp3) is 0.250. The maximum Gasteiger partial charge on any atom is 0.407 e. The molecule has 1 aromatic rings. The van der Waals surface area contributed by atoms with Crippen LogP contribution in [-0.4, -0.2) is 11.1 Å². The molecular weight excluding hydrogens is 263 g/mol. The smallest absolute Gasteiger partial charge is 0.393 e. The number of anilines is 1. The molecule has 0 heterocycles. The summed E-state index contributed by atoms with van der Waals surface area (Å²) in [5, 5.41) is 10.2. The monoisotopic (exact) mass is 269 g/mol. The number of nitrogens with two attached hydrogens (primary N) is 2. The summed E-state index contributed by atoms with van der Waals surface area (Å²) < 4.78 is 37.1. The van der Waals surface area contributed by atoms with Crippen LogP contribution in [-0.2, 0) is 0 Å². The topological polar surface area (TPSA) is 95.2 Å². The van der Waals surface area contributed by atoms with Gasteiger partial charge in [-0.3, -0.25) is 10.1 Å². The molecule has 4 N–H and O–H groups in total. The van der Waals surface area contributed by atoms with Gasteiger partial charge in [0.05, 0.1) is 4.92 Å². The Balaban J connectivity index is 3.35. The van der Waals surface area contributed by atoms with Crippen molar-refractivity contribution in [2.24, 2.45) is 5.73 Å². The zero-order valence-electron chi connectivity index (χ0n) is 8.16. The first-order valence-corrected chi connectivity index (χ1v) is 4.58. The highest BCUT2D eigenvalue weighted by atomic mass is 35.5. The van der Waals surface area contributed by atoms with Gasteiger partial charge in [-0.1, -0.05) is 11.6 Å². The Bertz CT molecular complexity index is 464. The van der Waals surface area contributed by atoms with Gasteiger partial charge in [0.2, 0.25) is 0 Å². The molecule has 17 heavy (non-hydrogen) atoms. The van der Waals surface area contributed by atoms with Gasteiger partial charge in [-0.15, -0.1) is 0 Å². The molecule has 0 saturated carbocycles. The van der Waals surface area contributed by atoms with E-state index in [4.69, 9.17) is 23.1 Å². The highest BCUT2D eigenvalue weighted by Gasteiger charge is 2.39. The fourth-order valence-electron chi connectivity index (χ4n) is 1.17. The Morgan fingerprint density at radius 1 is 1.41 bits per heavy atom. The number of nitro benzene ring substituents is 1. The molecule has 0 aliphatic heterocycles. The van der Waals surface area contributed by atoms with Crippen LogP contribution in [0.4, 0.5) is 24.5 Å². The minimum absolute atomic E-state index is 0.321. The van der Waals surface area contributed by atoms with Crippen LogP contribution in [0.2, 0.25) is 5.02 Å². The lowest BCUT2D eigenvalue weighted by atomic mass is 10.1. The van der Waals surface area contributed by atoms with Gasteiger partial charge in [0, 0.05) is 16.7 Å². The van der Waals surface area contributed by atoms with E-state index in [0.29, 0.717) is 6.07 Å². The van der Waals surface area contributed by atoms with E-state index in [1.165, 1.54) is 0 Å². The number of hydrogen-bond donors (Lipinski definition) is 2. The largest absolute Gasteiger partial charge is 0.407 e. The third-order valence-corrected chi connectivity index (χ3v) is 2.36. The average Bonchev–Trinajstić information content (AvgIpc) is 2.14. The SMILES string of the molecule is Nc1cc(Cl)c([C@@H](N)C(F)(F)F)cc1[N+](=O)[O-]. The summed E-state index contributed by atoms with van der Waals surface area (Å²) in [6.45, 7) is 0. The van der Waals surface area contributed by atoms with E-state index in [1.54, 1.807) is 0 Å². The van der Waals surface area contributed by atoms with E-state index in [1.807, 2.05) is 0 Å². The Morgan fingerprint density at radius 3 is 2.35 bits per heavy atom. The molecule has 0 aliphatic carbocycles. The lowest BCUT2D eigenvalue weighted by molar-refractivity contribution is -0.384. The molecule has 1 rings (SSSR count). The van der Waals surface area contributed by atoms with Gasteiger partial charge in [-0.05, 0) is 6.07 Å². The molecule has 0 spiro atoms. The number of hydrogen-bond acceptors (Lipinski definition) is 4. The first kappa shape index (κ1) is 13.5. The van der Waals surface area contributed by atoms with Crippen LogP contribution in [0.5, 0.6) is 0 Å². The van der Waals surface area contributed by atoms with Crippen molar-refractivity contribution < 1.29 is 18.1 Å². The molecule has 5 nitrogen and oxygen atoms in total. The number of alkyl halides is 3. The van der Waals surface area contributed by atoms with Gasteiger partial charge in [0.25, 0.3) is 5.69 Å². The molecule has 94 valence electrons.